The van der Waals surface area contributed by atoms with Crippen LogP contribution < -0.4 is 20.1 Å². The highest BCUT2D eigenvalue weighted by Crippen LogP contribution is 2.29. The summed E-state index contributed by atoms with van der Waals surface area (Å²) >= 11 is 0. The molecule has 8 heteroatoms. The maximum Gasteiger partial charge on any atom is 0.274 e. The number of nitrogens with one attached hydrogen (secondary N) is 2. The van der Waals surface area contributed by atoms with Gasteiger partial charge in [0.15, 0.2) is 5.82 Å². The molecule has 0 aliphatic rings. The lowest BCUT2D eigenvalue weighted by molar-refractivity contribution is 0.102. The molecule has 0 fully saturated rings. The van der Waals surface area contributed by atoms with E-state index in [-0.39, 0.29) is 11.6 Å². The molecule has 26 heavy (non-hydrogen) atoms. The van der Waals surface area contributed by atoms with Gasteiger partial charge in [-0.25, -0.2) is 0 Å². The Bertz CT molecular complexity index is 923. The number of amides is 1. The second-order valence-corrected chi connectivity index (χ2v) is 5.40. The molecule has 3 rings (SSSR count). The molecule has 0 aliphatic heterocycles. The molecule has 0 bridgehead atoms. The van der Waals surface area contributed by atoms with Crippen LogP contribution in [0.1, 0.15) is 16.2 Å². The van der Waals surface area contributed by atoms with E-state index in [4.69, 9.17) is 14.0 Å². The van der Waals surface area contributed by atoms with Crippen LogP contribution >= 0.6 is 0 Å². The van der Waals surface area contributed by atoms with Crippen LogP contribution in [0.15, 0.2) is 47.1 Å². The van der Waals surface area contributed by atoms with Crippen molar-refractivity contribution in [3.05, 3.63) is 54.0 Å². The van der Waals surface area contributed by atoms with Crippen molar-refractivity contribution in [2.75, 3.05) is 24.9 Å². The monoisotopic (exact) mass is 354 g/mol. The Balaban J connectivity index is 1.79. The lowest BCUT2D eigenvalue weighted by Gasteiger charge is -2.12. The van der Waals surface area contributed by atoms with Crippen LogP contribution in [0.4, 0.5) is 17.2 Å². The van der Waals surface area contributed by atoms with E-state index in [0.29, 0.717) is 34.5 Å². The van der Waals surface area contributed by atoms with Gasteiger partial charge in [0.05, 0.1) is 19.9 Å². The molecule has 0 saturated carbocycles. The van der Waals surface area contributed by atoms with Crippen molar-refractivity contribution in [3.8, 4) is 11.5 Å². The van der Waals surface area contributed by atoms with E-state index in [1.807, 2.05) is 0 Å². The van der Waals surface area contributed by atoms with E-state index in [1.54, 1.807) is 50.4 Å². The lowest BCUT2D eigenvalue weighted by Crippen LogP contribution is -2.14. The first-order chi connectivity index (χ1) is 12.6. The number of benzene rings is 1. The lowest BCUT2D eigenvalue weighted by atomic mass is 10.2. The average molecular weight is 354 g/mol. The van der Waals surface area contributed by atoms with E-state index in [1.165, 1.54) is 13.3 Å². The topological polar surface area (TPSA) is 98.5 Å². The molecule has 0 spiro atoms. The van der Waals surface area contributed by atoms with E-state index < -0.39 is 0 Å². The van der Waals surface area contributed by atoms with Gasteiger partial charge in [0, 0.05) is 24.0 Å². The highest BCUT2D eigenvalue weighted by Gasteiger charge is 2.13. The van der Waals surface area contributed by atoms with Gasteiger partial charge in [0.1, 0.15) is 23.0 Å². The average Bonchev–Trinajstić information content (AvgIpc) is 3.06. The maximum atomic E-state index is 12.6. The summed E-state index contributed by atoms with van der Waals surface area (Å²) in [6, 6.07) is 10.2. The summed E-state index contributed by atoms with van der Waals surface area (Å²) in [7, 11) is 3.08. The number of anilines is 3. The first-order valence-electron chi connectivity index (χ1n) is 7.79. The first-order valence-corrected chi connectivity index (χ1v) is 7.79. The predicted octanol–water partition coefficient (Wildman–Crippen LogP) is 3.39. The summed E-state index contributed by atoms with van der Waals surface area (Å²) in [6.45, 7) is 1.80. The van der Waals surface area contributed by atoms with Gasteiger partial charge in [-0.2, -0.15) is 0 Å². The van der Waals surface area contributed by atoms with Gasteiger partial charge >= 0.3 is 0 Å². The predicted molar refractivity (Wildman–Crippen MR) is 96.3 cm³/mol. The van der Waals surface area contributed by atoms with Crippen molar-refractivity contribution in [1.82, 2.24) is 10.1 Å². The molecule has 0 saturated heterocycles. The van der Waals surface area contributed by atoms with Crippen LogP contribution in [0.2, 0.25) is 0 Å². The van der Waals surface area contributed by atoms with Crippen LogP contribution in [0.5, 0.6) is 11.5 Å². The van der Waals surface area contributed by atoms with Crippen LogP contribution in [-0.4, -0.2) is 30.3 Å². The Labute approximate surface area is 150 Å². The third-order valence-corrected chi connectivity index (χ3v) is 3.55. The molecule has 0 aliphatic carbocycles. The normalized spacial score (nSPS) is 10.3. The van der Waals surface area contributed by atoms with E-state index in [9.17, 15) is 4.79 Å². The molecule has 1 aromatic carbocycles. The number of hydrogen-bond donors (Lipinski definition) is 2. The highest BCUT2D eigenvalue weighted by atomic mass is 16.5. The fraction of sp³-hybridized carbons (Fsp3) is 0.167. The van der Waals surface area contributed by atoms with Crippen molar-refractivity contribution in [2.45, 2.75) is 6.92 Å². The van der Waals surface area contributed by atoms with Crippen LogP contribution in [0.3, 0.4) is 0 Å². The molecule has 2 N–H and O–H groups in total. The van der Waals surface area contributed by atoms with Crippen LogP contribution in [0, 0.1) is 6.92 Å². The third kappa shape index (κ3) is 3.92. The molecule has 0 unspecified atom stereocenters. The standard InChI is InChI=1S/C18H18N4O4/c1-11-8-17(22-26-11)20-12-6-7-19-15(9-12)18(23)21-14-10-13(24-2)4-5-16(14)25-3/h4-10H,1-3H3,(H,21,23)(H,19,20,22). The number of nitrogens with zero attached hydrogens (tertiary/aromatic N) is 2. The van der Waals surface area contributed by atoms with E-state index >= 15 is 0 Å². The van der Waals surface area contributed by atoms with Crippen molar-refractivity contribution in [1.29, 1.82) is 0 Å². The Morgan fingerprint density at radius 3 is 2.65 bits per heavy atom. The number of rotatable bonds is 6. The quantitative estimate of drug-likeness (QED) is 0.700. The minimum atomic E-state index is -0.378. The molecule has 8 nitrogen and oxygen atoms in total. The second kappa shape index (κ2) is 7.56. The van der Waals surface area contributed by atoms with Crippen molar-refractivity contribution in [3.63, 3.8) is 0 Å². The molecular formula is C18H18N4O4. The number of aryl methyl sites for hydroxylation is 1. The maximum absolute atomic E-state index is 12.6. The first kappa shape index (κ1) is 17.3. The molecule has 2 aromatic heterocycles. The number of pyridine rings is 1. The van der Waals surface area contributed by atoms with Gasteiger partial charge in [-0.05, 0) is 31.2 Å². The van der Waals surface area contributed by atoms with Crippen molar-refractivity contribution in [2.24, 2.45) is 0 Å². The Morgan fingerprint density at radius 2 is 1.96 bits per heavy atom. The third-order valence-electron chi connectivity index (χ3n) is 3.55. The zero-order valence-electron chi connectivity index (χ0n) is 14.6. The Morgan fingerprint density at radius 1 is 1.12 bits per heavy atom. The Hall–Kier alpha value is -3.55. The van der Waals surface area contributed by atoms with E-state index in [0.717, 1.165) is 0 Å². The summed E-state index contributed by atoms with van der Waals surface area (Å²) in [4.78, 5) is 16.7. The Kier molecular flexibility index (Phi) is 5.02. The van der Waals surface area contributed by atoms with E-state index in [2.05, 4.69) is 20.8 Å². The number of ether oxygens (including phenoxy) is 2. The summed E-state index contributed by atoms with van der Waals surface area (Å²) in [6.07, 6.45) is 1.53. The molecule has 0 atom stereocenters. The molecule has 0 radical (unpaired) electrons. The summed E-state index contributed by atoms with van der Waals surface area (Å²) in [5.41, 5.74) is 1.39. The number of methoxy groups -OCH3 is 2. The van der Waals surface area contributed by atoms with Gasteiger partial charge in [0.25, 0.3) is 5.91 Å². The largest absolute Gasteiger partial charge is 0.497 e. The van der Waals surface area contributed by atoms with Crippen molar-refractivity contribution < 1.29 is 18.8 Å². The van der Waals surface area contributed by atoms with Gasteiger partial charge in [-0.15, -0.1) is 0 Å². The zero-order valence-corrected chi connectivity index (χ0v) is 14.6. The zero-order chi connectivity index (χ0) is 18.5. The number of aromatic nitrogens is 2. The molecule has 3 aromatic rings. The van der Waals surface area contributed by atoms with Crippen LogP contribution in [-0.2, 0) is 0 Å². The van der Waals surface area contributed by atoms with Gasteiger partial charge in [-0.1, -0.05) is 5.16 Å². The van der Waals surface area contributed by atoms with Gasteiger partial charge in [-0.3, -0.25) is 9.78 Å². The van der Waals surface area contributed by atoms with Crippen molar-refractivity contribution >= 4 is 23.1 Å². The number of carbonyl (C=O) groups excluding carboxylic acids is 1. The minimum absolute atomic E-state index is 0.236. The fourth-order valence-corrected chi connectivity index (χ4v) is 2.30. The summed E-state index contributed by atoms with van der Waals surface area (Å²) in [5.74, 6) is 1.98. The summed E-state index contributed by atoms with van der Waals surface area (Å²) in [5, 5.41) is 9.69. The number of hydrogen-bond acceptors (Lipinski definition) is 7. The van der Waals surface area contributed by atoms with Crippen LogP contribution in [0.25, 0.3) is 0 Å². The van der Waals surface area contributed by atoms with Gasteiger partial charge < -0.3 is 24.6 Å². The molecular weight excluding hydrogens is 336 g/mol. The highest BCUT2D eigenvalue weighted by molar-refractivity contribution is 6.04. The minimum Gasteiger partial charge on any atom is -0.497 e. The second-order valence-electron chi connectivity index (χ2n) is 5.40. The molecule has 134 valence electrons. The smallest absolute Gasteiger partial charge is 0.274 e. The van der Waals surface area contributed by atoms with Gasteiger partial charge in [0.2, 0.25) is 0 Å². The SMILES string of the molecule is COc1ccc(OC)c(NC(=O)c2cc(Nc3cc(C)on3)ccn2)c1. The molecule has 1 amide bonds. The molecule has 2 heterocycles. The fourth-order valence-electron chi connectivity index (χ4n) is 2.30. The number of carbonyl (C=O) groups is 1. The summed E-state index contributed by atoms with van der Waals surface area (Å²) < 4.78 is 15.5.